The topological polar surface area (TPSA) is 107 Å². The summed E-state index contributed by atoms with van der Waals surface area (Å²) in [5.74, 6) is 1.04. The van der Waals surface area contributed by atoms with Crippen LogP contribution in [0.5, 0.6) is 0 Å². The van der Waals surface area contributed by atoms with E-state index in [1.807, 2.05) is 17.9 Å². The van der Waals surface area contributed by atoms with E-state index in [0.717, 1.165) is 36.2 Å². The second-order valence-corrected chi connectivity index (χ2v) is 11.6. The van der Waals surface area contributed by atoms with Gasteiger partial charge in [0.15, 0.2) is 5.01 Å². The Balaban J connectivity index is 1.43. The van der Waals surface area contributed by atoms with Crippen LogP contribution in [0.2, 0.25) is 0 Å². The molecule has 8 nitrogen and oxygen atoms in total. The van der Waals surface area contributed by atoms with Crippen LogP contribution in [0.25, 0.3) is 10.4 Å². The third kappa shape index (κ3) is 5.07. The summed E-state index contributed by atoms with van der Waals surface area (Å²) < 4.78 is 0. The summed E-state index contributed by atoms with van der Waals surface area (Å²) >= 11 is 1.22. The summed E-state index contributed by atoms with van der Waals surface area (Å²) in [5.41, 5.74) is 1.29. The number of carbonyl (C=O) groups excluding carboxylic acids is 2. The van der Waals surface area contributed by atoms with E-state index < -0.39 is 5.60 Å². The standard InChI is InChI=1S/C26H35N5O3S/c1-15-12-20(29-17(3)18-7-8-18)27-13-19(15)22-21(25(33)31-11-4-6-16(31)2)30-24(35-22)23(32)28-14-26(34)9-5-10-26/h12-13,16-18,34H,4-11,14H2,1-3H3,(H,27,29)(H,28,32)/t16-,17-/m0/s1. The van der Waals surface area contributed by atoms with E-state index in [4.69, 9.17) is 0 Å². The Morgan fingerprint density at radius 2 is 2.06 bits per heavy atom. The minimum absolute atomic E-state index is 0.137. The zero-order valence-electron chi connectivity index (χ0n) is 20.8. The third-order valence-corrected chi connectivity index (χ3v) is 8.85. The van der Waals surface area contributed by atoms with Crippen LogP contribution in [0.3, 0.4) is 0 Å². The summed E-state index contributed by atoms with van der Waals surface area (Å²) in [4.78, 5) is 38.2. The molecule has 0 aromatic carbocycles. The van der Waals surface area contributed by atoms with Gasteiger partial charge in [0.1, 0.15) is 11.5 Å². The van der Waals surface area contributed by atoms with E-state index in [1.54, 1.807) is 6.20 Å². The molecule has 0 unspecified atom stereocenters. The van der Waals surface area contributed by atoms with Crippen molar-refractivity contribution in [3.8, 4) is 10.4 Å². The Kier molecular flexibility index (Phi) is 6.57. The number of likely N-dealkylation sites (tertiary alicyclic amines) is 1. The summed E-state index contributed by atoms with van der Waals surface area (Å²) in [6, 6.07) is 2.54. The first-order valence-electron chi connectivity index (χ1n) is 12.8. The lowest BCUT2D eigenvalue weighted by molar-refractivity contribution is -0.0300. The lowest BCUT2D eigenvalue weighted by Gasteiger charge is -2.36. The number of nitrogens with zero attached hydrogens (tertiary/aromatic N) is 3. The fourth-order valence-electron chi connectivity index (χ4n) is 5.02. The zero-order valence-corrected chi connectivity index (χ0v) is 21.6. The predicted molar refractivity (Wildman–Crippen MR) is 137 cm³/mol. The van der Waals surface area contributed by atoms with Crippen LogP contribution >= 0.6 is 11.3 Å². The van der Waals surface area contributed by atoms with Crippen molar-refractivity contribution >= 4 is 29.0 Å². The first-order valence-corrected chi connectivity index (χ1v) is 13.6. The average Bonchev–Trinajstić information content (AvgIpc) is 3.44. The van der Waals surface area contributed by atoms with E-state index in [1.165, 1.54) is 24.2 Å². The highest BCUT2D eigenvalue weighted by Gasteiger charge is 2.36. The number of nitrogens with one attached hydrogen (secondary N) is 2. The quantitative estimate of drug-likeness (QED) is 0.509. The van der Waals surface area contributed by atoms with E-state index in [-0.39, 0.29) is 29.4 Å². The summed E-state index contributed by atoms with van der Waals surface area (Å²) in [6.07, 6.45) is 8.60. The molecule has 9 heteroatoms. The second-order valence-electron chi connectivity index (χ2n) is 10.6. The lowest BCUT2D eigenvalue weighted by atomic mass is 9.80. The number of aliphatic hydroxyl groups is 1. The summed E-state index contributed by atoms with van der Waals surface area (Å²) in [5, 5.41) is 16.9. The minimum Gasteiger partial charge on any atom is -0.388 e. The van der Waals surface area contributed by atoms with Gasteiger partial charge in [0, 0.05) is 36.9 Å². The zero-order chi connectivity index (χ0) is 24.7. The summed E-state index contributed by atoms with van der Waals surface area (Å²) in [6.45, 7) is 7.14. The first kappa shape index (κ1) is 24.2. The van der Waals surface area contributed by atoms with Crippen LogP contribution in [-0.4, -0.2) is 62.6 Å². The molecule has 35 heavy (non-hydrogen) atoms. The van der Waals surface area contributed by atoms with Gasteiger partial charge in [-0.25, -0.2) is 9.97 Å². The van der Waals surface area contributed by atoms with E-state index >= 15 is 0 Å². The van der Waals surface area contributed by atoms with Crippen molar-refractivity contribution in [2.75, 3.05) is 18.4 Å². The maximum absolute atomic E-state index is 13.5. The van der Waals surface area contributed by atoms with Gasteiger partial charge in [-0.3, -0.25) is 9.59 Å². The molecule has 1 saturated heterocycles. The Hall–Kier alpha value is -2.52. The predicted octanol–water partition coefficient (Wildman–Crippen LogP) is 3.99. The molecule has 1 aliphatic heterocycles. The van der Waals surface area contributed by atoms with Crippen LogP contribution in [-0.2, 0) is 0 Å². The van der Waals surface area contributed by atoms with E-state index in [9.17, 15) is 14.7 Å². The van der Waals surface area contributed by atoms with E-state index in [2.05, 4.69) is 34.4 Å². The Morgan fingerprint density at radius 3 is 2.66 bits per heavy atom. The van der Waals surface area contributed by atoms with Gasteiger partial charge in [-0.1, -0.05) is 0 Å². The highest BCUT2D eigenvalue weighted by Crippen LogP contribution is 2.37. The highest BCUT2D eigenvalue weighted by molar-refractivity contribution is 7.17. The van der Waals surface area contributed by atoms with Gasteiger partial charge in [-0.15, -0.1) is 11.3 Å². The molecule has 2 saturated carbocycles. The fraction of sp³-hybridized carbons (Fsp3) is 0.615. The van der Waals surface area contributed by atoms with Gasteiger partial charge in [-0.05, 0) is 83.3 Å². The molecule has 2 atom stereocenters. The van der Waals surface area contributed by atoms with Crippen molar-refractivity contribution in [2.45, 2.75) is 83.4 Å². The van der Waals surface area contributed by atoms with Gasteiger partial charge in [0.2, 0.25) is 0 Å². The molecule has 3 fully saturated rings. The number of aromatic nitrogens is 2. The molecule has 188 valence electrons. The second kappa shape index (κ2) is 9.50. The number of rotatable bonds is 8. The molecule has 2 aliphatic carbocycles. The van der Waals surface area contributed by atoms with Crippen molar-refractivity contribution in [2.24, 2.45) is 5.92 Å². The Morgan fingerprint density at radius 1 is 1.29 bits per heavy atom. The molecule has 3 aliphatic rings. The van der Waals surface area contributed by atoms with Crippen LogP contribution < -0.4 is 10.6 Å². The molecule has 5 rings (SSSR count). The number of hydrogen-bond donors (Lipinski definition) is 3. The maximum atomic E-state index is 13.5. The van der Waals surface area contributed by atoms with Gasteiger partial charge >= 0.3 is 0 Å². The molecular weight excluding hydrogens is 462 g/mol. The molecule has 0 spiro atoms. The molecular formula is C26H35N5O3S. The lowest BCUT2D eigenvalue weighted by Crippen LogP contribution is -2.47. The number of anilines is 1. The highest BCUT2D eigenvalue weighted by atomic mass is 32.1. The molecule has 3 N–H and O–H groups in total. The smallest absolute Gasteiger partial charge is 0.280 e. The van der Waals surface area contributed by atoms with Gasteiger partial charge in [-0.2, -0.15) is 0 Å². The van der Waals surface area contributed by atoms with Gasteiger partial charge in [0.25, 0.3) is 11.8 Å². The van der Waals surface area contributed by atoms with Crippen LogP contribution in [0.4, 0.5) is 5.82 Å². The largest absolute Gasteiger partial charge is 0.388 e. The monoisotopic (exact) mass is 497 g/mol. The molecule has 2 aromatic rings. The van der Waals surface area contributed by atoms with Gasteiger partial charge < -0.3 is 20.6 Å². The van der Waals surface area contributed by atoms with E-state index in [0.29, 0.717) is 41.9 Å². The van der Waals surface area contributed by atoms with Crippen molar-refractivity contribution in [1.29, 1.82) is 0 Å². The SMILES string of the molecule is Cc1cc(N[C@@H](C)C2CC2)ncc1-c1sc(C(=O)NCC2(O)CCC2)nc1C(=O)N1CCC[C@@H]1C. The number of thiazole rings is 1. The number of aryl methyl sites for hydroxylation is 1. The first-order chi connectivity index (χ1) is 16.7. The van der Waals surface area contributed by atoms with Crippen LogP contribution in [0.15, 0.2) is 12.3 Å². The van der Waals surface area contributed by atoms with Crippen molar-refractivity contribution < 1.29 is 14.7 Å². The molecule has 3 heterocycles. The summed E-state index contributed by atoms with van der Waals surface area (Å²) in [7, 11) is 0. The van der Waals surface area contributed by atoms with Crippen LogP contribution in [0.1, 0.15) is 84.6 Å². The van der Waals surface area contributed by atoms with Gasteiger partial charge in [0.05, 0.1) is 10.5 Å². The number of carbonyl (C=O) groups is 2. The average molecular weight is 498 g/mol. The Labute approximate surface area is 210 Å². The number of pyridine rings is 1. The molecule has 2 aromatic heterocycles. The Bertz CT molecular complexity index is 1120. The van der Waals surface area contributed by atoms with Crippen molar-refractivity contribution in [1.82, 2.24) is 20.2 Å². The molecule has 0 bridgehead atoms. The maximum Gasteiger partial charge on any atom is 0.280 e. The van der Waals surface area contributed by atoms with Crippen molar-refractivity contribution in [3.05, 3.63) is 28.5 Å². The molecule has 2 amide bonds. The number of hydrogen-bond acceptors (Lipinski definition) is 7. The van der Waals surface area contributed by atoms with Crippen molar-refractivity contribution in [3.63, 3.8) is 0 Å². The van der Waals surface area contributed by atoms with Crippen LogP contribution in [0, 0.1) is 12.8 Å². The minimum atomic E-state index is -0.819. The normalized spacial score (nSPS) is 21.9. The molecule has 0 radical (unpaired) electrons. The fourth-order valence-corrected chi connectivity index (χ4v) is 6.07. The third-order valence-electron chi connectivity index (χ3n) is 7.76. The number of amides is 2.